The van der Waals surface area contributed by atoms with Crippen molar-refractivity contribution in [3.63, 3.8) is 0 Å². The molecule has 2 aliphatic heterocycles. The van der Waals surface area contributed by atoms with Crippen LogP contribution in [0.3, 0.4) is 0 Å². The van der Waals surface area contributed by atoms with Gasteiger partial charge in [0, 0.05) is 15.6 Å². The topological polar surface area (TPSA) is 15.6 Å². The number of aliphatic imine (C=N–C) groups is 1. The minimum atomic E-state index is 0.591. The molecule has 0 saturated heterocycles. The van der Waals surface area contributed by atoms with Crippen LogP contribution in [0, 0.1) is 0 Å². The Morgan fingerprint density at radius 3 is 2.82 bits per heavy atom. The molecule has 0 saturated carbocycles. The Balaban J connectivity index is 2.17. The van der Waals surface area contributed by atoms with Crippen LogP contribution in [0.25, 0.3) is 0 Å². The van der Waals surface area contributed by atoms with Gasteiger partial charge in [-0.2, -0.15) is 0 Å². The number of allylic oxidation sites excluding steroid dienone is 2. The number of hydrogen-bond donors (Lipinski definition) is 0. The van der Waals surface area contributed by atoms with Gasteiger partial charge in [0.1, 0.15) is 11.0 Å². The van der Waals surface area contributed by atoms with Crippen LogP contribution in [0.4, 0.5) is 5.69 Å². The molecule has 2 nitrogen and oxygen atoms in total. The molecule has 86 valence electrons. The third kappa shape index (κ3) is 1.86. The molecule has 0 atom stereocenters. The highest BCUT2D eigenvalue weighted by Crippen LogP contribution is 2.37. The predicted molar refractivity (Wildman–Crippen MR) is 72.2 cm³/mol. The van der Waals surface area contributed by atoms with E-state index >= 15 is 0 Å². The molecule has 0 aliphatic carbocycles. The molecule has 0 spiro atoms. The molecule has 1 aromatic carbocycles. The van der Waals surface area contributed by atoms with E-state index in [4.69, 9.17) is 34.8 Å². The Hall–Kier alpha value is -0.960. The Bertz CT molecular complexity index is 588. The highest BCUT2D eigenvalue weighted by Gasteiger charge is 2.23. The molecular weight excluding hydrogens is 279 g/mol. The summed E-state index contributed by atoms with van der Waals surface area (Å²) in [6, 6.07) is 3.53. The predicted octanol–water partition coefficient (Wildman–Crippen LogP) is 4.49. The van der Waals surface area contributed by atoms with Crippen molar-refractivity contribution in [1.82, 2.24) is 4.90 Å². The van der Waals surface area contributed by atoms with Crippen molar-refractivity contribution in [2.24, 2.45) is 4.99 Å². The molecule has 2 heterocycles. The first-order valence-corrected chi connectivity index (χ1v) is 6.16. The molecule has 0 aromatic heterocycles. The maximum atomic E-state index is 6.17. The van der Waals surface area contributed by atoms with Gasteiger partial charge in [-0.15, -0.1) is 0 Å². The van der Waals surface area contributed by atoms with Crippen molar-refractivity contribution in [3.05, 3.63) is 51.1 Å². The lowest BCUT2D eigenvalue weighted by Crippen LogP contribution is -2.30. The number of fused-ring (bicyclic) bond motifs is 2. The van der Waals surface area contributed by atoms with Gasteiger partial charge in [-0.25, -0.2) is 4.99 Å². The van der Waals surface area contributed by atoms with E-state index in [1.165, 1.54) is 0 Å². The van der Waals surface area contributed by atoms with Gasteiger partial charge in [0.15, 0.2) is 0 Å². The summed E-state index contributed by atoms with van der Waals surface area (Å²) < 4.78 is 0. The van der Waals surface area contributed by atoms with E-state index in [0.717, 1.165) is 17.1 Å². The summed E-state index contributed by atoms with van der Waals surface area (Å²) in [5, 5.41) is 1.85. The van der Waals surface area contributed by atoms with E-state index in [9.17, 15) is 0 Å². The van der Waals surface area contributed by atoms with Gasteiger partial charge in [0.05, 0.1) is 12.2 Å². The molecule has 1 aromatic rings. The van der Waals surface area contributed by atoms with Crippen LogP contribution in [-0.4, -0.2) is 10.7 Å². The molecule has 17 heavy (non-hydrogen) atoms. The van der Waals surface area contributed by atoms with Crippen molar-refractivity contribution < 1.29 is 0 Å². The summed E-state index contributed by atoms with van der Waals surface area (Å²) in [5.41, 5.74) is 1.76. The molecule has 0 radical (unpaired) electrons. The van der Waals surface area contributed by atoms with Crippen molar-refractivity contribution in [2.45, 2.75) is 6.54 Å². The summed E-state index contributed by atoms with van der Waals surface area (Å²) >= 11 is 18.3. The molecule has 0 unspecified atom stereocenters. The fourth-order valence-corrected chi connectivity index (χ4v) is 2.65. The normalized spacial score (nSPS) is 17.2. The lowest BCUT2D eigenvalue weighted by molar-refractivity contribution is 0.530. The Kier molecular flexibility index (Phi) is 2.66. The van der Waals surface area contributed by atoms with Gasteiger partial charge in [-0.05, 0) is 24.3 Å². The summed E-state index contributed by atoms with van der Waals surface area (Å²) in [4.78, 5) is 6.41. The first-order chi connectivity index (χ1) is 8.15. The minimum Gasteiger partial charge on any atom is -0.312 e. The fraction of sp³-hybridized carbons (Fsp3) is 0.0833. The van der Waals surface area contributed by atoms with Crippen LogP contribution < -0.4 is 0 Å². The van der Waals surface area contributed by atoms with Crippen LogP contribution in [0.2, 0.25) is 10.0 Å². The van der Waals surface area contributed by atoms with Crippen molar-refractivity contribution in [2.75, 3.05) is 0 Å². The highest BCUT2D eigenvalue weighted by molar-refractivity contribution is 6.36. The minimum absolute atomic E-state index is 0.591. The fourth-order valence-electron chi connectivity index (χ4n) is 1.88. The molecular formula is C12H7Cl3N2. The zero-order valence-corrected chi connectivity index (χ0v) is 10.9. The van der Waals surface area contributed by atoms with Crippen molar-refractivity contribution in [3.8, 4) is 0 Å². The number of amidine groups is 1. The number of nitrogens with zero attached hydrogens (tertiary/aromatic N) is 2. The van der Waals surface area contributed by atoms with Crippen LogP contribution >= 0.6 is 34.8 Å². The summed E-state index contributed by atoms with van der Waals surface area (Å²) in [7, 11) is 0. The van der Waals surface area contributed by atoms with E-state index < -0.39 is 0 Å². The molecule has 5 heteroatoms. The third-order valence-electron chi connectivity index (χ3n) is 2.70. The van der Waals surface area contributed by atoms with Gasteiger partial charge in [-0.3, -0.25) is 0 Å². The second-order valence-electron chi connectivity index (χ2n) is 3.79. The maximum Gasteiger partial charge on any atom is 0.134 e. The van der Waals surface area contributed by atoms with Crippen LogP contribution in [0.5, 0.6) is 0 Å². The molecule has 0 fully saturated rings. The maximum absolute atomic E-state index is 6.17. The largest absolute Gasteiger partial charge is 0.312 e. The van der Waals surface area contributed by atoms with Crippen molar-refractivity contribution >= 4 is 46.3 Å². The van der Waals surface area contributed by atoms with Crippen LogP contribution in [0.15, 0.2) is 40.5 Å². The summed E-state index contributed by atoms with van der Waals surface area (Å²) in [6.07, 6.45) is 5.60. The smallest absolute Gasteiger partial charge is 0.134 e. The Morgan fingerprint density at radius 2 is 2.00 bits per heavy atom. The average molecular weight is 286 g/mol. The van der Waals surface area contributed by atoms with Crippen LogP contribution in [0.1, 0.15) is 5.56 Å². The van der Waals surface area contributed by atoms with Crippen molar-refractivity contribution in [1.29, 1.82) is 0 Å². The van der Waals surface area contributed by atoms with Gasteiger partial charge in [0.25, 0.3) is 0 Å². The third-order valence-corrected chi connectivity index (χ3v) is 3.59. The molecule has 0 N–H and O–H groups in total. The van der Waals surface area contributed by atoms with E-state index in [2.05, 4.69) is 4.99 Å². The van der Waals surface area contributed by atoms with Gasteiger partial charge >= 0.3 is 0 Å². The second kappa shape index (κ2) is 4.05. The quantitative estimate of drug-likeness (QED) is 0.641. The summed E-state index contributed by atoms with van der Waals surface area (Å²) in [6.45, 7) is 0.615. The molecule has 3 rings (SSSR count). The second-order valence-corrected chi connectivity index (χ2v) is 5.02. The van der Waals surface area contributed by atoms with E-state index in [1.54, 1.807) is 6.07 Å². The molecule has 0 bridgehead atoms. The van der Waals surface area contributed by atoms with Gasteiger partial charge in [0.2, 0.25) is 0 Å². The monoisotopic (exact) mass is 284 g/mol. The van der Waals surface area contributed by atoms with E-state index in [0.29, 0.717) is 21.7 Å². The summed E-state index contributed by atoms with van der Waals surface area (Å²) in [5.74, 6) is 0.809. The molecule has 0 amide bonds. The standard InChI is InChI=1S/C12H7Cl3N2/c13-7-4-9(14)8-6-17-11(15)2-1-3-12(17)16-10(8)5-7/h1-5H,6H2. The highest BCUT2D eigenvalue weighted by atomic mass is 35.5. The zero-order chi connectivity index (χ0) is 12.0. The zero-order valence-electron chi connectivity index (χ0n) is 8.62. The number of hydrogen-bond acceptors (Lipinski definition) is 2. The average Bonchev–Trinajstić information content (AvgIpc) is 2.27. The Morgan fingerprint density at radius 1 is 1.18 bits per heavy atom. The van der Waals surface area contributed by atoms with Crippen LogP contribution in [-0.2, 0) is 6.54 Å². The first-order valence-electron chi connectivity index (χ1n) is 5.03. The SMILES string of the molecule is ClC1=CC=CC2=Nc3cc(Cl)cc(Cl)c3CN12. The van der Waals surface area contributed by atoms with Gasteiger partial charge < -0.3 is 4.90 Å². The molecule has 2 aliphatic rings. The van der Waals surface area contributed by atoms with E-state index in [1.807, 2.05) is 29.2 Å². The lowest BCUT2D eigenvalue weighted by Gasteiger charge is -2.30. The first kappa shape index (κ1) is 11.1. The number of halogens is 3. The Labute approximate surface area is 114 Å². The number of benzene rings is 1. The number of rotatable bonds is 0. The van der Waals surface area contributed by atoms with Gasteiger partial charge in [-0.1, -0.05) is 40.9 Å². The van der Waals surface area contributed by atoms with E-state index in [-0.39, 0.29) is 0 Å². The lowest BCUT2D eigenvalue weighted by atomic mass is 10.1.